The maximum Gasteiger partial charge on any atom is 0.119 e. The summed E-state index contributed by atoms with van der Waals surface area (Å²) < 4.78 is 0. The van der Waals surface area contributed by atoms with Gasteiger partial charge in [-0.15, -0.1) is 10.2 Å². The van der Waals surface area contributed by atoms with Gasteiger partial charge in [0.1, 0.15) is 5.03 Å². The summed E-state index contributed by atoms with van der Waals surface area (Å²) in [5.74, 6) is 0.922. The lowest BCUT2D eigenvalue weighted by Crippen LogP contribution is -1.91. The Labute approximate surface area is 135 Å². The van der Waals surface area contributed by atoms with Gasteiger partial charge in [0.2, 0.25) is 0 Å². The molecular weight excluding hydrogens is 288 g/mol. The van der Waals surface area contributed by atoms with Crippen LogP contribution in [-0.4, -0.2) is 10.2 Å². The predicted molar refractivity (Wildman–Crippen MR) is 92.9 cm³/mol. The van der Waals surface area contributed by atoms with Crippen molar-refractivity contribution >= 4 is 11.8 Å². The van der Waals surface area contributed by atoms with Gasteiger partial charge in [-0.05, 0) is 37.1 Å². The fourth-order valence-corrected chi connectivity index (χ4v) is 3.09. The standard InChI is InChI=1S/C19H18N2S/c1-14-7-9-16(10-8-14)18-11-12-19(21-20-18)22-13-17-6-4-3-5-15(17)2/h3-12H,13H2,1-2H3. The van der Waals surface area contributed by atoms with Gasteiger partial charge in [-0.3, -0.25) is 0 Å². The third-order valence-electron chi connectivity index (χ3n) is 3.62. The molecule has 0 unspecified atom stereocenters. The highest BCUT2D eigenvalue weighted by atomic mass is 32.2. The van der Waals surface area contributed by atoms with Crippen molar-refractivity contribution in [2.75, 3.05) is 0 Å². The van der Waals surface area contributed by atoms with Crippen molar-refractivity contribution in [2.24, 2.45) is 0 Å². The summed E-state index contributed by atoms with van der Waals surface area (Å²) in [6, 6.07) is 20.9. The predicted octanol–water partition coefficient (Wildman–Crippen LogP) is 5.05. The summed E-state index contributed by atoms with van der Waals surface area (Å²) in [5, 5.41) is 9.64. The molecule has 3 heteroatoms. The third kappa shape index (κ3) is 3.55. The molecule has 0 saturated heterocycles. The van der Waals surface area contributed by atoms with E-state index in [9.17, 15) is 0 Å². The first-order valence-electron chi connectivity index (χ1n) is 7.30. The second-order valence-corrected chi connectivity index (χ2v) is 6.33. The van der Waals surface area contributed by atoms with Crippen LogP contribution >= 0.6 is 11.8 Å². The van der Waals surface area contributed by atoms with Gasteiger partial charge in [0.25, 0.3) is 0 Å². The van der Waals surface area contributed by atoms with Gasteiger partial charge in [-0.2, -0.15) is 0 Å². The lowest BCUT2D eigenvalue weighted by molar-refractivity contribution is 0.935. The van der Waals surface area contributed by atoms with Crippen molar-refractivity contribution in [3.05, 3.63) is 77.4 Å². The molecule has 22 heavy (non-hydrogen) atoms. The lowest BCUT2D eigenvalue weighted by atomic mass is 10.1. The molecule has 0 aliphatic rings. The minimum absolute atomic E-state index is 0.917. The second kappa shape index (κ2) is 6.75. The van der Waals surface area contributed by atoms with Gasteiger partial charge in [0, 0.05) is 11.3 Å². The molecule has 0 fully saturated rings. The molecule has 0 N–H and O–H groups in total. The molecule has 3 aromatic rings. The summed E-state index contributed by atoms with van der Waals surface area (Å²) in [4.78, 5) is 0. The van der Waals surface area contributed by atoms with Crippen molar-refractivity contribution in [1.82, 2.24) is 10.2 Å². The van der Waals surface area contributed by atoms with Crippen molar-refractivity contribution in [2.45, 2.75) is 24.6 Å². The molecule has 0 amide bonds. The van der Waals surface area contributed by atoms with Crippen molar-refractivity contribution in [1.29, 1.82) is 0 Å². The number of benzene rings is 2. The molecular formula is C19H18N2S. The van der Waals surface area contributed by atoms with Crippen LogP contribution in [0.2, 0.25) is 0 Å². The Morgan fingerprint density at radius 1 is 0.818 bits per heavy atom. The van der Waals surface area contributed by atoms with E-state index in [2.05, 4.69) is 72.6 Å². The van der Waals surface area contributed by atoms with Crippen molar-refractivity contribution in [3.63, 3.8) is 0 Å². The molecule has 0 aliphatic heterocycles. The summed E-state index contributed by atoms with van der Waals surface area (Å²) >= 11 is 1.72. The molecule has 2 aromatic carbocycles. The van der Waals surface area contributed by atoms with Gasteiger partial charge in [-0.1, -0.05) is 65.9 Å². The molecule has 0 bridgehead atoms. The van der Waals surface area contributed by atoms with E-state index >= 15 is 0 Å². The van der Waals surface area contributed by atoms with Crippen molar-refractivity contribution < 1.29 is 0 Å². The summed E-state index contributed by atoms with van der Waals surface area (Å²) in [6.07, 6.45) is 0. The highest BCUT2D eigenvalue weighted by Crippen LogP contribution is 2.24. The second-order valence-electron chi connectivity index (χ2n) is 5.34. The van der Waals surface area contributed by atoms with E-state index in [4.69, 9.17) is 0 Å². The highest BCUT2D eigenvalue weighted by molar-refractivity contribution is 7.98. The molecule has 0 atom stereocenters. The van der Waals surface area contributed by atoms with Gasteiger partial charge in [0.05, 0.1) is 5.69 Å². The average Bonchev–Trinajstić information content (AvgIpc) is 2.55. The minimum Gasteiger partial charge on any atom is -0.149 e. The first-order chi connectivity index (χ1) is 10.7. The van der Waals surface area contributed by atoms with E-state index in [-0.39, 0.29) is 0 Å². The van der Waals surface area contributed by atoms with E-state index in [0.29, 0.717) is 0 Å². The van der Waals surface area contributed by atoms with Gasteiger partial charge in [0.15, 0.2) is 0 Å². The topological polar surface area (TPSA) is 25.8 Å². The summed E-state index contributed by atoms with van der Waals surface area (Å²) in [7, 11) is 0. The Morgan fingerprint density at radius 3 is 2.27 bits per heavy atom. The number of rotatable bonds is 4. The molecule has 2 nitrogen and oxygen atoms in total. The zero-order valence-corrected chi connectivity index (χ0v) is 13.6. The molecule has 1 heterocycles. The Balaban J connectivity index is 1.69. The highest BCUT2D eigenvalue weighted by Gasteiger charge is 2.03. The van der Waals surface area contributed by atoms with Crippen LogP contribution < -0.4 is 0 Å². The molecule has 0 radical (unpaired) electrons. The molecule has 3 rings (SSSR count). The number of hydrogen-bond acceptors (Lipinski definition) is 3. The maximum atomic E-state index is 4.34. The number of thioether (sulfide) groups is 1. The smallest absolute Gasteiger partial charge is 0.119 e. The van der Waals surface area contributed by atoms with Gasteiger partial charge in [-0.25, -0.2) is 0 Å². The van der Waals surface area contributed by atoms with E-state index in [0.717, 1.165) is 22.0 Å². The van der Waals surface area contributed by atoms with E-state index < -0.39 is 0 Å². The van der Waals surface area contributed by atoms with E-state index in [1.165, 1.54) is 16.7 Å². The molecule has 0 aliphatic carbocycles. The minimum atomic E-state index is 0.917. The first-order valence-corrected chi connectivity index (χ1v) is 8.29. The SMILES string of the molecule is Cc1ccc(-c2ccc(SCc3ccccc3C)nn2)cc1. The number of nitrogens with zero attached hydrogens (tertiary/aromatic N) is 2. The van der Waals surface area contributed by atoms with Crippen LogP contribution in [0.3, 0.4) is 0 Å². The van der Waals surface area contributed by atoms with Crippen LogP contribution in [0.25, 0.3) is 11.3 Å². The maximum absolute atomic E-state index is 4.34. The fourth-order valence-electron chi connectivity index (χ4n) is 2.20. The Morgan fingerprint density at radius 2 is 1.59 bits per heavy atom. The zero-order chi connectivity index (χ0) is 15.4. The van der Waals surface area contributed by atoms with Crippen LogP contribution in [0.15, 0.2) is 65.7 Å². The van der Waals surface area contributed by atoms with Crippen LogP contribution in [0.5, 0.6) is 0 Å². The number of hydrogen-bond donors (Lipinski definition) is 0. The van der Waals surface area contributed by atoms with E-state index in [1.807, 2.05) is 12.1 Å². The first kappa shape index (κ1) is 14.8. The lowest BCUT2D eigenvalue weighted by Gasteiger charge is -2.05. The van der Waals surface area contributed by atoms with Crippen LogP contribution in [0, 0.1) is 13.8 Å². The largest absolute Gasteiger partial charge is 0.149 e. The quantitative estimate of drug-likeness (QED) is 0.631. The van der Waals surface area contributed by atoms with Crippen LogP contribution in [0.4, 0.5) is 0 Å². The molecule has 1 aromatic heterocycles. The van der Waals surface area contributed by atoms with Crippen LogP contribution in [0.1, 0.15) is 16.7 Å². The summed E-state index contributed by atoms with van der Waals surface area (Å²) in [6.45, 7) is 4.23. The molecule has 0 spiro atoms. The zero-order valence-electron chi connectivity index (χ0n) is 12.8. The summed E-state index contributed by atoms with van der Waals surface area (Å²) in [5.41, 5.74) is 5.94. The normalized spacial score (nSPS) is 10.6. The third-order valence-corrected chi connectivity index (χ3v) is 4.59. The monoisotopic (exact) mass is 306 g/mol. The van der Waals surface area contributed by atoms with Gasteiger partial charge >= 0.3 is 0 Å². The number of aromatic nitrogens is 2. The Hall–Kier alpha value is -2.13. The molecule has 0 saturated carbocycles. The van der Waals surface area contributed by atoms with E-state index in [1.54, 1.807) is 11.8 Å². The van der Waals surface area contributed by atoms with Crippen molar-refractivity contribution in [3.8, 4) is 11.3 Å². The van der Waals surface area contributed by atoms with Crippen LogP contribution in [-0.2, 0) is 5.75 Å². The average molecular weight is 306 g/mol. The Kier molecular flexibility index (Phi) is 4.54. The molecule has 110 valence electrons. The fraction of sp³-hybridized carbons (Fsp3) is 0.158. The van der Waals surface area contributed by atoms with Gasteiger partial charge < -0.3 is 0 Å². The number of aryl methyl sites for hydroxylation is 2. The Bertz CT molecular complexity index is 749.